The van der Waals surface area contributed by atoms with Crippen LogP contribution in [0.3, 0.4) is 0 Å². The zero-order valence-corrected chi connectivity index (χ0v) is 13.1. The fourth-order valence-electron chi connectivity index (χ4n) is 3.20. The van der Waals surface area contributed by atoms with E-state index in [2.05, 4.69) is 0 Å². The average molecular weight is 310 g/mol. The van der Waals surface area contributed by atoms with E-state index in [1.54, 1.807) is 31.2 Å². The maximum Gasteiger partial charge on any atom is 0.330 e. The fraction of sp³-hybridized carbons (Fsp3) is 0.316. The number of fused-ring (bicyclic) bond motifs is 1. The molecule has 4 nitrogen and oxygen atoms in total. The van der Waals surface area contributed by atoms with Crippen molar-refractivity contribution >= 4 is 17.5 Å². The van der Waals surface area contributed by atoms with Crippen molar-refractivity contribution < 1.29 is 19.1 Å². The lowest BCUT2D eigenvalue weighted by Crippen LogP contribution is -2.21. The molecule has 2 aliphatic carbocycles. The molecule has 0 bridgehead atoms. The van der Waals surface area contributed by atoms with E-state index in [0.29, 0.717) is 54.6 Å². The van der Waals surface area contributed by atoms with Crippen LogP contribution in [-0.2, 0) is 9.53 Å². The number of carbonyl (C=O) groups is 3. The first kappa shape index (κ1) is 15.4. The maximum atomic E-state index is 12.7. The van der Waals surface area contributed by atoms with Crippen molar-refractivity contribution in [1.29, 1.82) is 0 Å². The molecule has 1 aromatic carbocycles. The summed E-state index contributed by atoms with van der Waals surface area (Å²) >= 11 is 0. The Morgan fingerprint density at radius 2 is 1.52 bits per heavy atom. The largest absolute Gasteiger partial charge is 0.463 e. The predicted molar refractivity (Wildman–Crippen MR) is 85.3 cm³/mol. The van der Waals surface area contributed by atoms with Gasteiger partial charge in [0.2, 0.25) is 0 Å². The van der Waals surface area contributed by atoms with Gasteiger partial charge in [-0.2, -0.15) is 0 Å². The minimum Gasteiger partial charge on any atom is -0.463 e. The lowest BCUT2D eigenvalue weighted by atomic mass is 9.82. The molecule has 0 unspecified atom stereocenters. The number of allylic oxidation sites excluding steroid dienone is 3. The summed E-state index contributed by atoms with van der Waals surface area (Å²) in [5.41, 5.74) is 3.15. The molecule has 0 radical (unpaired) electrons. The van der Waals surface area contributed by atoms with Gasteiger partial charge in [0.15, 0.2) is 11.6 Å². The van der Waals surface area contributed by atoms with E-state index < -0.39 is 0 Å². The van der Waals surface area contributed by atoms with Crippen molar-refractivity contribution in [2.24, 2.45) is 0 Å². The minimum absolute atomic E-state index is 0.0485. The molecule has 2 aliphatic rings. The Labute approximate surface area is 134 Å². The van der Waals surface area contributed by atoms with Crippen LogP contribution in [0.4, 0.5) is 0 Å². The number of hydrogen-bond donors (Lipinski definition) is 0. The molecule has 0 saturated heterocycles. The van der Waals surface area contributed by atoms with Crippen LogP contribution in [0.15, 0.2) is 47.1 Å². The number of esters is 1. The molecule has 0 aromatic heterocycles. The molecule has 1 aromatic rings. The third kappa shape index (κ3) is 2.89. The van der Waals surface area contributed by atoms with Gasteiger partial charge < -0.3 is 4.74 Å². The number of carbonyl (C=O) groups excluding carboxylic acids is 3. The molecule has 4 heteroatoms. The molecule has 0 N–H and O–H groups in total. The van der Waals surface area contributed by atoms with Crippen LogP contribution >= 0.6 is 0 Å². The summed E-state index contributed by atoms with van der Waals surface area (Å²) in [5, 5.41) is 0. The highest BCUT2D eigenvalue weighted by atomic mass is 16.5. The number of ketones is 2. The van der Waals surface area contributed by atoms with Crippen molar-refractivity contribution in [1.82, 2.24) is 0 Å². The number of ether oxygens (including phenoxy) is 1. The number of rotatable bonds is 2. The van der Waals surface area contributed by atoms with Crippen LogP contribution in [0.2, 0.25) is 0 Å². The number of benzene rings is 1. The highest BCUT2D eigenvalue weighted by molar-refractivity contribution is 6.27. The Morgan fingerprint density at radius 1 is 1.00 bits per heavy atom. The standard InChI is InChI=1S/C19H18O4/c1-2-23-17(20)11-12-7-9-15-16(10-8-12)19(22)14-6-4-3-5-13(14)18(15)21/h3-6,11H,2,7-10H2,1H3. The SMILES string of the molecule is CCOC(=O)C=C1CCC2=C(CC1)C(=O)c1ccccc1C2=O. The quantitative estimate of drug-likeness (QED) is 0.620. The number of Topliss-reactive ketones (excluding diaryl/α,β-unsaturated/α-hetero) is 2. The van der Waals surface area contributed by atoms with Crippen LogP contribution in [0.5, 0.6) is 0 Å². The van der Waals surface area contributed by atoms with Gasteiger partial charge in [0, 0.05) is 28.3 Å². The Morgan fingerprint density at radius 3 is 2.00 bits per heavy atom. The van der Waals surface area contributed by atoms with Gasteiger partial charge in [-0.3, -0.25) is 9.59 Å². The van der Waals surface area contributed by atoms with Crippen LogP contribution < -0.4 is 0 Å². The lowest BCUT2D eigenvalue weighted by molar-refractivity contribution is -0.137. The summed E-state index contributed by atoms with van der Waals surface area (Å²) in [4.78, 5) is 36.9. The van der Waals surface area contributed by atoms with Gasteiger partial charge in [-0.15, -0.1) is 0 Å². The van der Waals surface area contributed by atoms with Gasteiger partial charge in [0.25, 0.3) is 0 Å². The molecule has 0 spiro atoms. The minimum atomic E-state index is -0.358. The van der Waals surface area contributed by atoms with Gasteiger partial charge >= 0.3 is 5.97 Å². The van der Waals surface area contributed by atoms with Crippen molar-refractivity contribution in [2.45, 2.75) is 32.6 Å². The smallest absolute Gasteiger partial charge is 0.330 e. The highest BCUT2D eigenvalue weighted by Gasteiger charge is 2.32. The molecule has 0 saturated carbocycles. The Kier molecular flexibility index (Phi) is 4.24. The third-order valence-corrected chi connectivity index (χ3v) is 4.33. The maximum absolute atomic E-state index is 12.7. The Balaban J connectivity index is 1.88. The molecule has 0 aliphatic heterocycles. The topological polar surface area (TPSA) is 60.4 Å². The van der Waals surface area contributed by atoms with Gasteiger partial charge in [-0.1, -0.05) is 29.8 Å². The van der Waals surface area contributed by atoms with Gasteiger partial charge in [0.05, 0.1) is 6.61 Å². The second kappa shape index (κ2) is 6.32. The van der Waals surface area contributed by atoms with E-state index in [0.717, 1.165) is 5.57 Å². The van der Waals surface area contributed by atoms with E-state index in [-0.39, 0.29) is 17.5 Å². The molecular weight excluding hydrogens is 292 g/mol. The third-order valence-electron chi connectivity index (χ3n) is 4.33. The van der Waals surface area contributed by atoms with Crippen LogP contribution in [0.1, 0.15) is 53.3 Å². The van der Waals surface area contributed by atoms with E-state index >= 15 is 0 Å². The molecule has 0 heterocycles. The second-order valence-corrected chi connectivity index (χ2v) is 5.72. The molecule has 3 rings (SSSR count). The zero-order valence-electron chi connectivity index (χ0n) is 13.1. The van der Waals surface area contributed by atoms with Gasteiger partial charge in [-0.25, -0.2) is 4.79 Å². The molecule has 118 valence electrons. The Bertz CT molecular complexity index is 701. The number of hydrogen-bond acceptors (Lipinski definition) is 4. The predicted octanol–water partition coefficient (Wildman–Crippen LogP) is 3.43. The first-order chi connectivity index (χ1) is 11.1. The monoisotopic (exact) mass is 310 g/mol. The molecular formula is C19H18O4. The summed E-state index contributed by atoms with van der Waals surface area (Å²) in [7, 11) is 0. The van der Waals surface area contributed by atoms with E-state index in [1.807, 2.05) is 0 Å². The van der Waals surface area contributed by atoms with Crippen LogP contribution in [-0.4, -0.2) is 24.1 Å². The molecule has 0 atom stereocenters. The fourth-order valence-corrected chi connectivity index (χ4v) is 3.20. The van der Waals surface area contributed by atoms with Crippen LogP contribution in [0, 0.1) is 0 Å². The second-order valence-electron chi connectivity index (χ2n) is 5.72. The first-order valence-electron chi connectivity index (χ1n) is 7.88. The van der Waals surface area contributed by atoms with Crippen molar-refractivity contribution in [3.8, 4) is 0 Å². The summed E-state index contributed by atoms with van der Waals surface area (Å²) < 4.78 is 4.93. The summed E-state index contributed by atoms with van der Waals surface area (Å²) in [6.07, 6.45) is 3.72. The van der Waals surface area contributed by atoms with E-state index in [9.17, 15) is 14.4 Å². The average Bonchev–Trinajstić information content (AvgIpc) is 2.76. The Hall–Kier alpha value is -2.49. The van der Waals surface area contributed by atoms with Gasteiger partial charge in [-0.05, 0) is 32.6 Å². The highest BCUT2D eigenvalue weighted by Crippen LogP contribution is 2.35. The summed E-state index contributed by atoms with van der Waals surface area (Å²) in [5.74, 6) is -0.455. The van der Waals surface area contributed by atoms with Crippen LogP contribution in [0.25, 0.3) is 0 Å². The van der Waals surface area contributed by atoms with Crippen molar-refractivity contribution in [2.75, 3.05) is 6.61 Å². The van der Waals surface area contributed by atoms with Crippen molar-refractivity contribution in [3.63, 3.8) is 0 Å². The molecule has 0 fully saturated rings. The van der Waals surface area contributed by atoms with Gasteiger partial charge in [0.1, 0.15) is 0 Å². The molecule has 0 amide bonds. The van der Waals surface area contributed by atoms with Crippen molar-refractivity contribution in [3.05, 3.63) is 58.2 Å². The first-order valence-corrected chi connectivity index (χ1v) is 7.88. The normalized spacial score (nSPS) is 17.3. The lowest BCUT2D eigenvalue weighted by Gasteiger charge is -2.19. The van der Waals surface area contributed by atoms with E-state index in [1.165, 1.54) is 6.08 Å². The zero-order chi connectivity index (χ0) is 16.4. The summed E-state index contributed by atoms with van der Waals surface area (Å²) in [6.45, 7) is 2.10. The molecule has 23 heavy (non-hydrogen) atoms. The summed E-state index contributed by atoms with van der Waals surface area (Å²) in [6, 6.07) is 6.97. The van der Waals surface area contributed by atoms with E-state index in [4.69, 9.17) is 4.74 Å².